The number of ether oxygens (including phenoxy) is 3. The fourth-order valence-corrected chi connectivity index (χ4v) is 3.96. The molecule has 21 heavy (non-hydrogen) atoms. The molecule has 4 nitrogen and oxygen atoms in total. The molecule has 1 saturated carbocycles. The zero-order valence-corrected chi connectivity index (χ0v) is 13.9. The molecule has 0 N–H and O–H groups in total. The Labute approximate surface area is 128 Å². The van der Waals surface area contributed by atoms with Gasteiger partial charge in [0.15, 0.2) is 6.29 Å². The number of hydrogen-bond donors (Lipinski definition) is 0. The molecule has 0 aromatic rings. The van der Waals surface area contributed by atoms with Crippen molar-refractivity contribution < 1.29 is 19.0 Å². The molecule has 4 heteroatoms. The van der Waals surface area contributed by atoms with Crippen LogP contribution in [0.4, 0.5) is 0 Å². The maximum Gasteiger partial charge on any atom is 0.303 e. The minimum atomic E-state index is -0.328. The van der Waals surface area contributed by atoms with Crippen molar-refractivity contribution in [1.29, 1.82) is 0 Å². The molecule has 2 rings (SSSR count). The van der Waals surface area contributed by atoms with Gasteiger partial charge in [-0.1, -0.05) is 20.8 Å². The zero-order chi connectivity index (χ0) is 15.5. The summed E-state index contributed by atoms with van der Waals surface area (Å²) < 4.78 is 17.0. The molecule has 0 aromatic carbocycles. The van der Waals surface area contributed by atoms with Crippen LogP contribution in [0.15, 0.2) is 0 Å². The third-order valence-corrected chi connectivity index (χ3v) is 5.10. The molecule has 2 unspecified atom stereocenters. The molecule has 1 aliphatic heterocycles. The highest BCUT2D eigenvalue weighted by Gasteiger charge is 2.47. The highest BCUT2D eigenvalue weighted by atomic mass is 16.7. The third-order valence-electron chi connectivity index (χ3n) is 5.10. The predicted octanol–water partition coefficient (Wildman–Crippen LogP) is 3.68. The first kappa shape index (κ1) is 16.8. The number of rotatable bonds is 5. The van der Waals surface area contributed by atoms with E-state index in [4.69, 9.17) is 14.2 Å². The molecule has 0 bridgehead atoms. The second-order valence-electron chi connectivity index (χ2n) is 7.34. The maximum absolute atomic E-state index is 11.7. The summed E-state index contributed by atoms with van der Waals surface area (Å²) in [5, 5.41) is 0. The van der Waals surface area contributed by atoms with Crippen LogP contribution < -0.4 is 0 Å². The summed E-state index contributed by atoms with van der Waals surface area (Å²) in [4.78, 5) is 11.7. The highest BCUT2D eigenvalue weighted by Crippen LogP contribution is 2.49. The SMILES string of the molecule is CCC1CC(C)(C)CCC1(CCC1OCCO1)OC(C)=O. The predicted molar refractivity (Wildman–Crippen MR) is 80.8 cm³/mol. The van der Waals surface area contributed by atoms with E-state index in [-0.39, 0.29) is 17.9 Å². The quantitative estimate of drug-likeness (QED) is 0.726. The van der Waals surface area contributed by atoms with E-state index in [1.54, 1.807) is 0 Å². The van der Waals surface area contributed by atoms with Crippen LogP contribution in [0.1, 0.15) is 66.2 Å². The minimum Gasteiger partial charge on any atom is -0.459 e. The Morgan fingerprint density at radius 2 is 1.90 bits per heavy atom. The average molecular weight is 298 g/mol. The van der Waals surface area contributed by atoms with Crippen LogP contribution in [0.25, 0.3) is 0 Å². The number of hydrogen-bond acceptors (Lipinski definition) is 4. The van der Waals surface area contributed by atoms with Crippen molar-refractivity contribution in [1.82, 2.24) is 0 Å². The first-order valence-corrected chi connectivity index (χ1v) is 8.30. The van der Waals surface area contributed by atoms with Gasteiger partial charge in [-0.2, -0.15) is 0 Å². The first-order chi connectivity index (χ1) is 9.87. The Balaban J connectivity index is 2.08. The number of carbonyl (C=O) groups is 1. The van der Waals surface area contributed by atoms with Crippen molar-refractivity contribution in [3.8, 4) is 0 Å². The molecule has 1 aliphatic carbocycles. The van der Waals surface area contributed by atoms with Gasteiger partial charge in [-0.05, 0) is 43.4 Å². The Bertz CT molecular complexity index is 360. The van der Waals surface area contributed by atoms with Gasteiger partial charge < -0.3 is 14.2 Å². The summed E-state index contributed by atoms with van der Waals surface area (Å²) in [7, 11) is 0. The third kappa shape index (κ3) is 4.19. The van der Waals surface area contributed by atoms with Crippen molar-refractivity contribution in [2.75, 3.05) is 13.2 Å². The van der Waals surface area contributed by atoms with Gasteiger partial charge in [0.1, 0.15) is 5.60 Å². The van der Waals surface area contributed by atoms with Crippen LogP contribution in [0.5, 0.6) is 0 Å². The van der Waals surface area contributed by atoms with E-state index in [1.165, 1.54) is 6.92 Å². The second kappa shape index (κ2) is 6.66. The van der Waals surface area contributed by atoms with Crippen LogP contribution in [0, 0.1) is 11.3 Å². The molecule has 1 heterocycles. The number of esters is 1. The molecule has 2 fully saturated rings. The fourth-order valence-electron chi connectivity index (χ4n) is 3.96. The van der Waals surface area contributed by atoms with Gasteiger partial charge in [0, 0.05) is 13.3 Å². The molecule has 0 amide bonds. The topological polar surface area (TPSA) is 44.8 Å². The summed E-state index contributed by atoms with van der Waals surface area (Å²) in [6, 6.07) is 0. The fraction of sp³-hybridized carbons (Fsp3) is 0.941. The summed E-state index contributed by atoms with van der Waals surface area (Å²) >= 11 is 0. The Morgan fingerprint density at radius 1 is 1.24 bits per heavy atom. The van der Waals surface area contributed by atoms with Crippen molar-refractivity contribution in [2.24, 2.45) is 11.3 Å². The minimum absolute atomic E-state index is 0.120. The van der Waals surface area contributed by atoms with Gasteiger partial charge in [0.05, 0.1) is 13.2 Å². The van der Waals surface area contributed by atoms with Gasteiger partial charge in [-0.25, -0.2) is 0 Å². The van der Waals surface area contributed by atoms with E-state index in [9.17, 15) is 4.79 Å². The van der Waals surface area contributed by atoms with Crippen molar-refractivity contribution >= 4 is 5.97 Å². The molecule has 2 aliphatic rings. The molecule has 0 aromatic heterocycles. The lowest BCUT2D eigenvalue weighted by Gasteiger charge is -2.49. The largest absolute Gasteiger partial charge is 0.459 e. The second-order valence-corrected chi connectivity index (χ2v) is 7.34. The Hall–Kier alpha value is -0.610. The van der Waals surface area contributed by atoms with E-state index < -0.39 is 0 Å². The van der Waals surface area contributed by atoms with Crippen LogP contribution in [0.2, 0.25) is 0 Å². The standard InChI is InChI=1S/C17H30O4/c1-5-14-12-16(3,4)8-9-17(14,21-13(2)18)7-6-15-19-10-11-20-15/h14-15H,5-12H2,1-4H3. The van der Waals surface area contributed by atoms with Gasteiger partial charge in [0.2, 0.25) is 0 Å². The monoisotopic (exact) mass is 298 g/mol. The van der Waals surface area contributed by atoms with Crippen molar-refractivity contribution in [3.05, 3.63) is 0 Å². The summed E-state index contributed by atoms with van der Waals surface area (Å²) in [6.45, 7) is 9.71. The first-order valence-electron chi connectivity index (χ1n) is 8.30. The summed E-state index contributed by atoms with van der Waals surface area (Å²) in [5.74, 6) is 0.257. The molecule has 122 valence electrons. The highest BCUT2D eigenvalue weighted by molar-refractivity contribution is 5.66. The van der Waals surface area contributed by atoms with Gasteiger partial charge >= 0.3 is 5.97 Å². The maximum atomic E-state index is 11.7. The summed E-state index contributed by atoms with van der Waals surface area (Å²) in [6.07, 6.45) is 5.74. The van der Waals surface area contributed by atoms with E-state index >= 15 is 0 Å². The van der Waals surface area contributed by atoms with Crippen LogP contribution in [0.3, 0.4) is 0 Å². The molecule has 1 saturated heterocycles. The van der Waals surface area contributed by atoms with Gasteiger partial charge in [0.25, 0.3) is 0 Å². The van der Waals surface area contributed by atoms with E-state index in [2.05, 4.69) is 20.8 Å². The normalized spacial score (nSPS) is 33.0. The average Bonchev–Trinajstić information content (AvgIpc) is 2.91. The van der Waals surface area contributed by atoms with E-state index in [0.29, 0.717) is 24.5 Å². The van der Waals surface area contributed by atoms with Crippen LogP contribution >= 0.6 is 0 Å². The Kier molecular flexibility index (Phi) is 5.31. The van der Waals surface area contributed by atoms with Gasteiger partial charge in [-0.3, -0.25) is 4.79 Å². The van der Waals surface area contributed by atoms with E-state index in [1.807, 2.05) is 0 Å². The molecule has 0 spiro atoms. The lowest BCUT2D eigenvalue weighted by atomic mass is 9.62. The lowest BCUT2D eigenvalue weighted by Crippen LogP contribution is -2.48. The molecule has 2 atom stereocenters. The smallest absolute Gasteiger partial charge is 0.303 e. The Morgan fingerprint density at radius 3 is 2.48 bits per heavy atom. The van der Waals surface area contributed by atoms with Gasteiger partial charge in [-0.15, -0.1) is 0 Å². The van der Waals surface area contributed by atoms with E-state index in [0.717, 1.165) is 38.5 Å². The number of carbonyl (C=O) groups excluding carboxylic acids is 1. The zero-order valence-electron chi connectivity index (χ0n) is 13.9. The van der Waals surface area contributed by atoms with Crippen molar-refractivity contribution in [3.63, 3.8) is 0 Å². The van der Waals surface area contributed by atoms with Crippen LogP contribution in [-0.2, 0) is 19.0 Å². The molecular formula is C17H30O4. The molecular weight excluding hydrogens is 268 g/mol. The van der Waals surface area contributed by atoms with Crippen LogP contribution in [-0.4, -0.2) is 31.1 Å². The molecule has 0 radical (unpaired) electrons. The summed E-state index contributed by atoms with van der Waals surface area (Å²) in [5.41, 5.74) is 0.0100. The lowest BCUT2D eigenvalue weighted by molar-refractivity contribution is -0.178. The van der Waals surface area contributed by atoms with Crippen molar-refractivity contribution in [2.45, 2.75) is 78.1 Å².